The van der Waals surface area contributed by atoms with Crippen LogP contribution >= 0.6 is 0 Å². The minimum atomic E-state index is -2.32. The van der Waals surface area contributed by atoms with E-state index in [1.165, 1.54) is 12.1 Å². The topological polar surface area (TPSA) is 66.8 Å². The Balaban J connectivity index is 2.77. The van der Waals surface area contributed by atoms with Crippen molar-refractivity contribution in [1.29, 1.82) is 0 Å². The number of hydrogen-bond acceptors (Lipinski definition) is 3. The Hall–Kier alpha value is -1.62. The number of benzene rings is 1. The zero-order valence-electron chi connectivity index (χ0n) is 8.76. The molecule has 0 amide bonds. The van der Waals surface area contributed by atoms with Crippen molar-refractivity contribution in [2.75, 3.05) is 6.61 Å². The fourth-order valence-corrected chi connectivity index (χ4v) is 1.23. The second-order valence-corrected chi connectivity index (χ2v) is 3.19. The second kappa shape index (κ2) is 5.46. The molecule has 1 aromatic carbocycles. The molecular weight excluding hydrogens is 215 g/mol. The van der Waals surface area contributed by atoms with Gasteiger partial charge in [0.15, 0.2) is 0 Å². The van der Waals surface area contributed by atoms with Crippen molar-refractivity contribution in [3.8, 4) is 5.75 Å². The van der Waals surface area contributed by atoms with Crippen molar-refractivity contribution in [3.63, 3.8) is 0 Å². The van der Waals surface area contributed by atoms with Crippen LogP contribution in [0.4, 0.5) is 4.39 Å². The Morgan fingerprint density at radius 2 is 2.00 bits per heavy atom. The average Bonchev–Trinajstić information content (AvgIpc) is 2.28. The van der Waals surface area contributed by atoms with E-state index in [1.54, 1.807) is 12.1 Å². The predicted molar refractivity (Wildman–Crippen MR) is 55.1 cm³/mol. The van der Waals surface area contributed by atoms with Gasteiger partial charge < -0.3 is 14.9 Å². The summed E-state index contributed by atoms with van der Waals surface area (Å²) >= 11 is 0. The molecule has 5 heteroatoms. The van der Waals surface area contributed by atoms with Crippen LogP contribution in [0.15, 0.2) is 24.3 Å². The van der Waals surface area contributed by atoms with Gasteiger partial charge in [0, 0.05) is 0 Å². The van der Waals surface area contributed by atoms with E-state index >= 15 is 0 Å². The molecule has 2 atom stereocenters. The Kier molecular flexibility index (Phi) is 4.25. The lowest BCUT2D eigenvalue weighted by molar-refractivity contribution is -0.147. The molecular formula is C11H13FO4. The summed E-state index contributed by atoms with van der Waals surface area (Å²) in [4.78, 5) is 10.3. The molecule has 0 aliphatic heterocycles. The second-order valence-electron chi connectivity index (χ2n) is 3.19. The number of aliphatic hydroxyl groups excluding tert-OH is 1. The summed E-state index contributed by atoms with van der Waals surface area (Å²) in [5.41, 5.74) is 0.207. The van der Waals surface area contributed by atoms with Crippen LogP contribution in [0.25, 0.3) is 0 Å². The van der Waals surface area contributed by atoms with E-state index in [0.29, 0.717) is 12.4 Å². The van der Waals surface area contributed by atoms with Gasteiger partial charge in [-0.25, -0.2) is 9.18 Å². The van der Waals surface area contributed by atoms with E-state index in [1.807, 2.05) is 6.92 Å². The fraction of sp³-hybridized carbons (Fsp3) is 0.364. The number of aliphatic hydroxyl groups is 1. The fourth-order valence-electron chi connectivity index (χ4n) is 1.23. The molecule has 88 valence electrons. The van der Waals surface area contributed by atoms with Gasteiger partial charge in [-0.1, -0.05) is 12.1 Å². The highest BCUT2D eigenvalue weighted by Gasteiger charge is 2.27. The standard InChI is InChI=1S/C11H13FO4/c1-2-16-8-5-3-7(4-6-8)10(13)9(12)11(14)15/h3-6,9-10,13H,2H2,1H3,(H,14,15). The number of carboxylic acids is 1. The molecule has 0 bridgehead atoms. The molecule has 16 heavy (non-hydrogen) atoms. The zero-order chi connectivity index (χ0) is 12.1. The van der Waals surface area contributed by atoms with Crippen LogP contribution in [0.2, 0.25) is 0 Å². The van der Waals surface area contributed by atoms with Crippen molar-refractivity contribution >= 4 is 5.97 Å². The van der Waals surface area contributed by atoms with Gasteiger partial charge in [-0.3, -0.25) is 0 Å². The lowest BCUT2D eigenvalue weighted by Gasteiger charge is -2.12. The van der Waals surface area contributed by atoms with E-state index in [0.717, 1.165) is 0 Å². The molecule has 0 heterocycles. The van der Waals surface area contributed by atoms with Crippen LogP contribution in [0.1, 0.15) is 18.6 Å². The maximum atomic E-state index is 13.0. The molecule has 0 radical (unpaired) electrons. The number of aliphatic carboxylic acids is 1. The van der Waals surface area contributed by atoms with Gasteiger partial charge in [-0.05, 0) is 24.6 Å². The summed E-state index contributed by atoms with van der Waals surface area (Å²) in [5, 5.41) is 17.8. The first kappa shape index (κ1) is 12.4. The smallest absolute Gasteiger partial charge is 0.341 e. The highest BCUT2D eigenvalue weighted by Crippen LogP contribution is 2.22. The lowest BCUT2D eigenvalue weighted by Crippen LogP contribution is -2.23. The minimum Gasteiger partial charge on any atom is -0.494 e. The van der Waals surface area contributed by atoms with Crippen molar-refractivity contribution in [2.45, 2.75) is 19.2 Å². The Bertz CT molecular complexity index is 350. The van der Waals surface area contributed by atoms with E-state index in [-0.39, 0.29) is 5.56 Å². The average molecular weight is 228 g/mol. The predicted octanol–water partition coefficient (Wildman–Crippen LogP) is 1.54. The summed E-state index contributed by atoms with van der Waals surface area (Å²) in [6.07, 6.45) is -3.98. The Morgan fingerprint density at radius 1 is 1.44 bits per heavy atom. The van der Waals surface area contributed by atoms with Crippen LogP contribution in [0.3, 0.4) is 0 Å². The number of hydrogen-bond donors (Lipinski definition) is 2. The van der Waals surface area contributed by atoms with Gasteiger partial charge in [0.1, 0.15) is 11.9 Å². The monoisotopic (exact) mass is 228 g/mol. The number of carboxylic acid groups (broad SMARTS) is 1. The van der Waals surface area contributed by atoms with Gasteiger partial charge in [0.2, 0.25) is 6.17 Å². The molecule has 2 unspecified atom stereocenters. The van der Waals surface area contributed by atoms with Crippen molar-refractivity contribution in [2.24, 2.45) is 0 Å². The molecule has 0 aliphatic rings. The van der Waals surface area contributed by atoms with Crippen molar-refractivity contribution in [1.82, 2.24) is 0 Å². The number of halogens is 1. The summed E-state index contributed by atoms with van der Waals surface area (Å²) in [6.45, 7) is 2.33. The van der Waals surface area contributed by atoms with Gasteiger partial charge in [-0.2, -0.15) is 0 Å². The van der Waals surface area contributed by atoms with Gasteiger partial charge in [0.25, 0.3) is 0 Å². The Labute approximate surface area is 92.3 Å². The number of carbonyl (C=O) groups is 1. The van der Waals surface area contributed by atoms with Crippen molar-refractivity contribution in [3.05, 3.63) is 29.8 Å². The molecule has 1 rings (SSSR count). The molecule has 0 aliphatic carbocycles. The molecule has 4 nitrogen and oxygen atoms in total. The van der Waals surface area contributed by atoms with Crippen LogP contribution < -0.4 is 4.74 Å². The summed E-state index contributed by atoms with van der Waals surface area (Å²) in [5.74, 6) is -1.09. The minimum absolute atomic E-state index is 0.207. The third-order valence-corrected chi connectivity index (χ3v) is 2.05. The van der Waals surface area contributed by atoms with Gasteiger partial charge >= 0.3 is 5.97 Å². The molecule has 0 saturated carbocycles. The van der Waals surface area contributed by atoms with Crippen molar-refractivity contribution < 1.29 is 24.1 Å². The molecule has 1 aromatic rings. The Morgan fingerprint density at radius 3 is 2.44 bits per heavy atom. The van der Waals surface area contributed by atoms with E-state index < -0.39 is 18.2 Å². The molecule has 2 N–H and O–H groups in total. The highest BCUT2D eigenvalue weighted by atomic mass is 19.1. The van der Waals surface area contributed by atoms with Crippen LogP contribution in [-0.2, 0) is 4.79 Å². The number of ether oxygens (including phenoxy) is 1. The normalized spacial score (nSPS) is 14.2. The SMILES string of the molecule is CCOc1ccc(C(O)C(F)C(=O)O)cc1. The van der Waals surface area contributed by atoms with Gasteiger partial charge in [-0.15, -0.1) is 0 Å². The highest BCUT2D eigenvalue weighted by molar-refractivity contribution is 5.73. The largest absolute Gasteiger partial charge is 0.494 e. The third-order valence-electron chi connectivity index (χ3n) is 2.05. The summed E-state index contributed by atoms with van der Waals surface area (Å²) < 4.78 is 18.1. The first-order valence-electron chi connectivity index (χ1n) is 4.84. The van der Waals surface area contributed by atoms with Crippen LogP contribution in [0, 0.1) is 0 Å². The van der Waals surface area contributed by atoms with E-state index in [2.05, 4.69) is 0 Å². The first-order valence-corrected chi connectivity index (χ1v) is 4.84. The quantitative estimate of drug-likeness (QED) is 0.802. The number of rotatable bonds is 5. The van der Waals surface area contributed by atoms with Crippen LogP contribution in [-0.4, -0.2) is 29.0 Å². The van der Waals surface area contributed by atoms with E-state index in [4.69, 9.17) is 9.84 Å². The van der Waals surface area contributed by atoms with Crippen LogP contribution in [0.5, 0.6) is 5.75 Å². The molecule has 0 saturated heterocycles. The number of alkyl halides is 1. The first-order chi connectivity index (χ1) is 7.56. The lowest BCUT2D eigenvalue weighted by atomic mass is 10.1. The molecule has 0 aromatic heterocycles. The van der Waals surface area contributed by atoms with E-state index in [9.17, 15) is 14.3 Å². The zero-order valence-corrected chi connectivity index (χ0v) is 8.76. The molecule has 0 fully saturated rings. The molecule has 0 spiro atoms. The summed E-state index contributed by atoms with van der Waals surface area (Å²) in [6, 6.07) is 5.98. The van der Waals surface area contributed by atoms with Gasteiger partial charge in [0.05, 0.1) is 6.61 Å². The summed E-state index contributed by atoms with van der Waals surface area (Å²) in [7, 11) is 0. The maximum absolute atomic E-state index is 13.0. The third kappa shape index (κ3) is 2.93. The maximum Gasteiger partial charge on any atom is 0.341 e.